The third-order valence-corrected chi connectivity index (χ3v) is 18.5. The molecule has 0 aromatic heterocycles. The van der Waals surface area contributed by atoms with E-state index in [1.165, 1.54) is 127 Å². The van der Waals surface area contributed by atoms with Gasteiger partial charge in [-0.3, -0.25) is 0 Å². The van der Waals surface area contributed by atoms with Gasteiger partial charge in [0.1, 0.15) is 0 Å². The number of hydrogen-bond acceptors (Lipinski definition) is 1. The molecule has 9 aromatic rings. The highest BCUT2D eigenvalue weighted by Crippen LogP contribution is 2.71. The van der Waals surface area contributed by atoms with Crippen molar-refractivity contribution in [3.05, 3.63) is 257 Å². The average Bonchev–Trinajstić information content (AvgIpc) is 3.87. The van der Waals surface area contributed by atoms with Gasteiger partial charge in [0.15, 0.2) is 0 Å². The zero-order valence-corrected chi connectivity index (χ0v) is 39.5. The number of rotatable bonds is 5. The molecule has 4 fully saturated rings. The van der Waals surface area contributed by atoms with Gasteiger partial charge in [-0.25, -0.2) is 0 Å². The van der Waals surface area contributed by atoms with Gasteiger partial charge in [-0.1, -0.05) is 202 Å². The Kier molecular flexibility index (Phi) is 8.30. The molecule has 0 radical (unpaired) electrons. The van der Waals surface area contributed by atoms with E-state index in [9.17, 15) is 0 Å². The molecule has 4 saturated carbocycles. The Morgan fingerprint density at radius 3 is 1.42 bits per heavy atom. The van der Waals surface area contributed by atoms with Crippen LogP contribution in [-0.2, 0) is 16.2 Å². The van der Waals surface area contributed by atoms with Crippen LogP contribution in [0.25, 0.3) is 44.5 Å². The molecule has 0 heterocycles. The minimum absolute atomic E-state index is 0.0553. The summed E-state index contributed by atoms with van der Waals surface area (Å²) in [5, 5.41) is 0. The van der Waals surface area contributed by atoms with E-state index >= 15 is 0 Å². The van der Waals surface area contributed by atoms with E-state index in [1.807, 2.05) is 0 Å². The van der Waals surface area contributed by atoms with Crippen molar-refractivity contribution in [3.63, 3.8) is 0 Å². The molecule has 0 aliphatic heterocycles. The number of anilines is 3. The number of nitrogens with zero attached hydrogens (tertiary/aromatic N) is 1. The molecule has 0 saturated heterocycles. The molecular weight excluding hydrogens is 831 g/mol. The second kappa shape index (κ2) is 14.4. The normalized spacial score (nSPS) is 22.9. The number of hydrogen-bond donors (Lipinski definition) is 0. The summed E-state index contributed by atoms with van der Waals surface area (Å²) in [5.41, 5.74) is 24.9. The molecule has 16 rings (SSSR count). The summed E-state index contributed by atoms with van der Waals surface area (Å²) >= 11 is 0. The van der Waals surface area contributed by atoms with E-state index in [4.69, 9.17) is 0 Å². The monoisotopic (exact) mass is 885 g/mol. The van der Waals surface area contributed by atoms with Crippen LogP contribution < -0.4 is 4.90 Å². The molecular formula is C68H55N. The van der Waals surface area contributed by atoms with E-state index in [0.29, 0.717) is 11.8 Å². The first-order valence-electron chi connectivity index (χ1n) is 25.7. The van der Waals surface area contributed by atoms with E-state index in [-0.39, 0.29) is 10.8 Å². The standard InChI is InChI=1S/C68H55N/c1-66(2)57-23-10-12-25-59(57)68(60-26-13-11-24-58(60)66)55-21-8-6-18-52(55)53-20-14-29-63(65(53)68)69(51-36-34-48(35-37-51)47-32-30-46(31-33-47)45-16-4-3-5-17-45)62-28-15-27-61-64(62)54-19-7-9-22-56(54)67(61)49-39-43-38-44(41-49)42-50(67)40-43/h3-37,43-44,49-50H,38-42H2,1-2H3. The van der Waals surface area contributed by atoms with E-state index in [2.05, 4.69) is 231 Å². The van der Waals surface area contributed by atoms with Crippen LogP contribution in [0.15, 0.2) is 212 Å². The van der Waals surface area contributed by atoms with Crippen molar-refractivity contribution in [1.29, 1.82) is 0 Å². The fourth-order valence-corrected chi connectivity index (χ4v) is 16.1. The van der Waals surface area contributed by atoms with Crippen LogP contribution in [0.3, 0.4) is 0 Å². The lowest BCUT2D eigenvalue weighted by molar-refractivity contribution is -0.0399. The lowest BCUT2D eigenvalue weighted by Crippen LogP contribution is -2.55. The van der Waals surface area contributed by atoms with Gasteiger partial charge < -0.3 is 4.90 Å². The Morgan fingerprint density at radius 1 is 0.348 bits per heavy atom. The highest BCUT2D eigenvalue weighted by molar-refractivity contribution is 6.00. The number of fused-ring (bicyclic) bond motifs is 12. The quantitative estimate of drug-likeness (QED) is 0.166. The van der Waals surface area contributed by atoms with Crippen LogP contribution in [0.1, 0.15) is 90.5 Å². The van der Waals surface area contributed by atoms with Gasteiger partial charge in [0.25, 0.3) is 0 Å². The molecule has 2 spiro atoms. The zero-order valence-electron chi connectivity index (χ0n) is 39.5. The molecule has 9 aromatic carbocycles. The highest BCUT2D eigenvalue weighted by atomic mass is 15.2. The second-order valence-electron chi connectivity index (χ2n) is 22.0. The molecule has 4 bridgehead atoms. The summed E-state index contributed by atoms with van der Waals surface area (Å²) in [7, 11) is 0. The summed E-state index contributed by atoms with van der Waals surface area (Å²) in [4.78, 5) is 2.70. The fraction of sp³-hybridized carbons (Fsp3) is 0.206. The first-order valence-corrected chi connectivity index (χ1v) is 25.7. The molecule has 1 nitrogen and oxygen atoms in total. The Balaban J connectivity index is 1.00. The van der Waals surface area contributed by atoms with Gasteiger partial charge in [-0.2, -0.15) is 0 Å². The van der Waals surface area contributed by atoms with Crippen LogP contribution in [0.5, 0.6) is 0 Å². The van der Waals surface area contributed by atoms with Crippen molar-refractivity contribution in [2.75, 3.05) is 4.90 Å². The Morgan fingerprint density at radius 2 is 0.797 bits per heavy atom. The minimum Gasteiger partial charge on any atom is -0.310 e. The topological polar surface area (TPSA) is 3.24 Å². The van der Waals surface area contributed by atoms with E-state index < -0.39 is 5.41 Å². The van der Waals surface area contributed by atoms with Gasteiger partial charge in [0.2, 0.25) is 0 Å². The first-order chi connectivity index (χ1) is 34.0. The molecule has 69 heavy (non-hydrogen) atoms. The molecule has 7 aliphatic carbocycles. The maximum Gasteiger partial charge on any atom is 0.0740 e. The summed E-state index contributed by atoms with van der Waals surface area (Å²) < 4.78 is 0. The Hall–Kier alpha value is -7.22. The predicted molar refractivity (Wildman–Crippen MR) is 285 cm³/mol. The van der Waals surface area contributed by atoms with Gasteiger partial charge in [-0.15, -0.1) is 0 Å². The smallest absolute Gasteiger partial charge is 0.0740 e. The fourth-order valence-electron chi connectivity index (χ4n) is 16.1. The second-order valence-corrected chi connectivity index (χ2v) is 22.0. The van der Waals surface area contributed by atoms with Crippen LogP contribution in [0.2, 0.25) is 0 Å². The number of benzene rings is 9. The lowest BCUT2D eigenvalue weighted by Gasteiger charge is -2.61. The van der Waals surface area contributed by atoms with Crippen molar-refractivity contribution in [3.8, 4) is 44.5 Å². The van der Waals surface area contributed by atoms with Crippen molar-refractivity contribution < 1.29 is 0 Å². The van der Waals surface area contributed by atoms with Crippen LogP contribution >= 0.6 is 0 Å². The van der Waals surface area contributed by atoms with Gasteiger partial charge in [-0.05, 0) is 158 Å². The highest BCUT2D eigenvalue weighted by Gasteiger charge is 2.62. The van der Waals surface area contributed by atoms with Crippen LogP contribution in [0, 0.1) is 23.7 Å². The third-order valence-electron chi connectivity index (χ3n) is 18.5. The largest absolute Gasteiger partial charge is 0.310 e. The van der Waals surface area contributed by atoms with Crippen LogP contribution in [-0.4, -0.2) is 0 Å². The maximum absolute atomic E-state index is 2.70. The van der Waals surface area contributed by atoms with Gasteiger partial charge in [0, 0.05) is 27.6 Å². The molecule has 0 N–H and O–H groups in total. The summed E-state index contributed by atoms with van der Waals surface area (Å²) in [6.07, 6.45) is 6.91. The maximum atomic E-state index is 2.70. The summed E-state index contributed by atoms with van der Waals surface area (Å²) in [6.45, 7) is 4.86. The summed E-state index contributed by atoms with van der Waals surface area (Å²) in [5.74, 6) is 3.14. The molecule has 0 amide bonds. The third kappa shape index (κ3) is 5.21. The van der Waals surface area contributed by atoms with Gasteiger partial charge >= 0.3 is 0 Å². The van der Waals surface area contributed by atoms with Crippen LogP contribution in [0.4, 0.5) is 17.1 Å². The molecule has 7 aliphatic rings. The van der Waals surface area contributed by atoms with Crippen molar-refractivity contribution in [2.24, 2.45) is 23.7 Å². The lowest BCUT2D eigenvalue weighted by atomic mass is 9.43. The van der Waals surface area contributed by atoms with E-state index in [1.54, 1.807) is 11.1 Å². The minimum atomic E-state index is -0.553. The molecule has 0 unspecified atom stereocenters. The summed E-state index contributed by atoms with van der Waals surface area (Å²) in [6, 6.07) is 81.7. The first kappa shape index (κ1) is 39.7. The van der Waals surface area contributed by atoms with Crippen molar-refractivity contribution in [2.45, 2.75) is 62.2 Å². The zero-order chi connectivity index (χ0) is 45.6. The Labute approximate surface area is 407 Å². The Bertz CT molecular complexity index is 3460. The SMILES string of the molecule is CC1(C)c2ccccc2C2(c3ccccc3-c3cccc(N(c4ccc(-c5ccc(-c6ccccc6)cc5)cc4)c4cccc5c4-c4ccccc4C54C5CC6CC(C5)CC4C6)c32)c2ccccc21. The molecule has 1 heteroatoms. The van der Waals surface area contributed by atoms with E-state index in [0.717, 1.165) is 11.8 Å². The predicted octanol–water partition coefficient (Wildman–Crippen LogP) is 17.2. The van der Waals surface area contributed by atoms with Gasteiger partial charge in [0.05, 0.1) is 16.8 Å². The van der Waals surface area contributed by atoms with Crippen molar-refractivity contribution in [1.82, 2.24) is 0 Å². The molecule has 0 atom stereocenters. The van der Waals surface area contributed by atoms with Crippen molar-refractivity contribution >= 4 is 17.1 Å². The molecule has 332 valence electrons. The average molecular weight is 886 g/mol.